The van der Waals surface area contributed by atoms with Crippen molar-refractivity contribution in [2.24, 2.45) is 11.3 Å². The van der Waals surface area contributed by atoms with Crippen LogP contribution in [-0.4, -0.2) is 47.0 Å². The Labute approximate surface area is 159 Å². The highest BCUT2D eigenvalue weighted by Crippen LogP contribution is 2.44. The van der Waals surface area contributed by atoms with Gasteiger partial charge in [-0.1, -0.05) is 20.8 Å². The molecule has 1 saturated heterocycles. The average Bonchev–Trinajstić information content (AvgIpc) is 2.99. The first-order chi connectivity index (χ1) is 12.3. The molecule has 6 heteroatoms. The van der Waals surface area contributed by atoms with E-state index >= 15 is 0 Å². The molecular weight excluding hydrogens is 344 g/mol. The van der Waals surface area contributed by atoms with E-state index in [9.17, 15) is 4.79 Å². The van der Waals surface area contributed by atoms with E-state index < -0.39 is 0 Å². The van der Waals surface area contributed by atoms with Gasteiger partial charge in [0.05, 0.1) is 5.39 Å². The number of nitrogens with zero attached hydrogens (tertiary/aromatic N) is 4. The summed E-state index contributed by atoms with van der Waals surface area (Å²) in [7, 11) is 0. The zero-order valence-corrected chi connectivity index (χ0v) is 17.0. The molecule has 2 aromatic heterocycles. The van der Waals surface area contributed by atoms with Crippen molar-refractivity contribution < 1.29 is 4.79 Å². The van der Waals surface area contributed by atoms with Gasteiger partial charge < -0.3 is 9.80 Å². The second-order valence-electron chi connectivity index (χ2n) is 8.68. The number of hydrogen-bond acceptors (Lipinski definition) is 5. The zero-order valence-electron chi connectivity index (χ0n) is 16.2. The van der Waals surface area contributed by atoms with Gasteiger partial charge in [-0.3, -0.25) is 4.79 Å². The van der Waals surface area contributed by atoms with Gasteiger partial charge in [0.15, 0.2) is 0 Å². The molecule has 140 valence electrons. The van der Waals surface area contributed by atoms with E-state index in [-0.39, 0.29) is 5.91 Å². The highest BCUT2D eigenvalue weighted by molar-refractivity contribution is 7.19. The number of amides is 1. The predicted molar refractivity (Wildman–Crippen MR) is 107 cm³/mol. The predicted octanol–water partition coefficient (Wildman–Crippen LogP) is 3.51. The summed E-state index contributed by atoms with van der Waals surface area (Å²) in [6.07, 6.45) is 5.25. The summed E-state index contributed by atoms with van der Waals surface area (Å²) >= 11 is 1.86. The Morgan fingerprint density at radius 3 is 2.58 bits per heavy atom. The lowest BCUT2D eigenvalue weighted by Gasteiger charge is -2.36. The van der Waals surface area contributed by atoms with Crippen LogP contribution in [0.5, 0.6) is 0 Å². The van der Waals surface area contributed by atoms with Gasteiger partial charge in [-0.05, 0) is 36.2 Å². The number of carbonyl (C=O) groups is 1. The number of carbonyl (C=O) groups excluding carboxylic acids is 1. The van der Waals surface area contributed by atoms with Crippen molar-refractivity contribution in [3.63, 3.8) is 0 Å². The molecule has 1 aliphatic heterocycles. The van der Waals surface area contributed by atoms with E-state index in [0.717, 1.165) is 55.6 Å². The summed E-state index contributed by atoms with van der Waals surface area (Å²) < 4.78 is 0. The fraction of sp³-hybridized carbons (Fsp3) is 0.650. The van der Waals surface area contributed by atoms with Crippen molar-refractivity contribution in [2.45, 2.75) is 47.0 Å². The minimum absolute atomic E-state index is 0.165. The van der Waals surface area contributed by atoms with Gasteiger partial charge in [-0.15, -0.1) is 11.3 Å². The fourth-order valence-corrected chi connectivity index (χ4v) is 5.57. The van der Waals surface area contributed by atoms with Crippen molar-refractivity contribution in [3.05, 3.63) is 16.8 Å². The largest absolute Gasteiger partial charge is 0.352 e. The Balaban J connectivity index is 1.66. The Bertz CT molecular complexity index is 830. The standard InChI is InChI=1S/C20H28N4OS/c1-13(25)23-7-9-24(10-8-23)18-17-15-6-5-14(20(2,3)4)11-16(15)26-19(17)22-12-21-18/h12,14H,5-11H2,1-4H3. The summed E-state index contributed by atoms with van der Waals surface area (Å²) in [5.74, 6) is 1.97. The van der Waals surface area contributed by atoms with Crippen LogP contribution in [0.4, 0.5) is 5.82 Å². The summed E-state index contributed by atoms with van der Waals surface area (Å²) in [6.45, 7) is 12.0. The van der Waals surface area contributed by atoms with Crippen LogP contribution in [0.2, 0.25) is 0 Å². The maximum Gasteiger partial charge on any atom is 0.219 e. The lowest BCUT2D eigenvalue weighted by atomic mass is 9.72. The Morgan fingerprint density at radius 1 is 1.19 bits per heavy atom. The van der Waals surface area contributed by atoms with Gasteiger partial charge in [0.1, 0.15) is 17.0 Å². The zero-order chi connectivity index (χ0) is 18.5. The highest BCUT2D eigenvalue weighted by Gasteiger charge is 2.32. The molecule has 0 spiro atoms. The van der Waals surface area contributed by atoms with Gasteiger partial charge in [0.25, 0.3) is 0 Å². The van der Waals surface area contributed by atoms with Crippen molar-refractivity contribution in [1.82, 2.24) is 14.9 Å². The van der Waals surface area contributed by atoms with Gasteiger partial charge in [0.2, 0.25) is 5.91 Å². The number of hydrogen-bond donors (Lipinski definition) is 0. The average molecular weight is 373 g/mol. The molecular formula is C20H28N4OS. The first kappa shape index (κ1) is 17.7. The fourth-order valence-electron chi connectivity index (χ4n) is 4.31. The van der Waals surface area contributed by atoms with E-state index in [0.29, 0.717) is 5.41 Å². The summed E-state index contributed by atoms with van der Waals surface area (Å²) in [4.78, 5) is 27.8. The van der Waals surface area contributed by atoms with Crippen LogP contribution in [0.15, 0.2) is 6.33 Å². The molecule has 3 heterocycles. The van der Waals surface area contributed by atoms with Gasteiger partial charge >= 0.3 is 0 Å². The van der Waals surface area contributed by atoms with Gasteiger partial charge in [-0.2, -0.15) is 0 Å². The first-order valence-corrected chi connectivity index (χ1v) is 10.4. The Kier molecular flexibility index (Phi) is 4.41. The molecule has 2 aromatic rings. The van der Waals surface area contributed by atoms with Crippen LogP contribution < -0.4 is 4.90 Å². The minimum Gasteiger partial charge on any atom is -0.352 e. The number of thiophene rings is 1. The molecule has 1 aliphatic carbocycles. The van der Waals surface area contributed by atoms with Crippen molar-refractivity contribution in [1.29, 1.82) is 0 Å². The Morgan fingerprint density at radius 2 is 1.92 bits per heavy atom. The quantitative estimate of drug-likeness (QED) is 0.769. The molecule has 2 aliphatic rings. The summed E-state index contributed by atoms with van der Waals surface area (Å²) in [6, 6.07) is 0. The third-order valence-corrected chi connectivity index (χ3v) is 7.24. The minimum atomic E-state index is 0.165. The van der Waals surface area contributed by atoms with Crippen LogP contribution in [0.1, 0.15) is 44.6 Å². The van der Waals surface area contributed by atoms with E-state index in [1.807, 2.05) is 16.2 Å². The number of piperazine rings is 1. The molecule has 1 fully saturated rings. The van der Waals surface area contributed by atoms with E-state index in [1.54, 1.807) is 13.3 Å². The van der Waals surface area contributed by atoms with Crippen LogP contribution >= 0.6 is 11.3 Å². The third-order valence-electron chi connectivity index (χ3n) is 6.07. The number of rotatable bonds is 1. The molecule has 0 saturated carbocycles. The number of fused-ring (bicyclic) bond motifs is 3. The van der Waals surface area contributed by atoms with Crippen molar-refractivity contribution >= 4 is 33.3 Å². The smallest absolute Gasteiger partial charge is 0.219 e. The number of aryl methyl sites for hydroxylation is 1. The number of aromatic nitrogens is 2. The normalized spacial score (nSPS) is 21.2. The molecule has 26 heavy (non-hydrogen) atoms. The molecule has 1 unspecified atom stereocenters. The van der Waals surface area contributed by atoms with Crippen LogP contribution in [0.25, 0.3) is 10.2 Å². The lowest BCUT2D eigenvalue weighted by molar-refractivity contribution is -0.129. The second-order valence-corrected chi connectivity index (χ2v) is 9.76. The maximum absolute atomic E-state index is 11.6. The van der Waals surface area contributed by atoms with E-state index in [1.165, 1.54) is 22.2 Å². The van der Waals surface area contributed by atoms with Crippen molar-refractivity contribution in [3.8, 4) is 0 Å². The van der Waals surface area contributed by atoms with Gasteiger partial charge in [-0.25, -0.2) is 9.97 Å². The summed E-state index contributed by atoms with van der Waals surface area (Å²) in [5.41, 5.74) is 1.83. The van der Waals surface area contributed by atoms with Crippen LogP contribution in [0.3, 0.4) is 0 Å². The van der Waals surface area contributed by atoms with Crippen LogP contribution in [0, 0.1) is 11.3 Å². The highest BCUT2D eigenvalue weighted by atomic mass is 32.1. The molecule has 4 rings (SSSR count). The van der Waals surface area contributed by atoms with E-state index in [2.05, 4.69) is 35.6 Å². The maximum atomic E-state index is 11.6. The van der Waals surface area contributed by atoms with Crippen LogP contribution in [-0.2, 0) is 17.6 Å². The Hall–Kier alpha value is -1.69. The van der Waals surface area contributed by atoms with Crippen molar-refractivity contribution in [2.75, 3.05) is 31.1 Å². The molecule has 0 radical (unpaired) electrons. The second kappa shape index (κ2) is 6.48. The number of anilines is 1. The first-order valence-electron chi connectivity index (χ1n) is 9.60. The monoisotopic (exact) mass is 372 g/mol. The molecule has 1 amide bonds. The molecule has 5 nitrogen and oxygen atoms in total. The molecule has 0 N–H and O–H groups in total. The molecule has 0 aromatic carbocycles. The SMILES string of the molecule is CC(=O)N1CCN(c2ncnc3sc4c(c23)CCC(C(C)(C)C)C4)CC1. The van der Waals surface area contributed by atoms with Gasteiger partial charge in [0, 0.05) is 38.0 Å². The lowest BCUT2D eigenvalue weighted by Crippen LogP contribution is -2.48. The molecule has 0 bridgehead atoms. The summed E-state index contributed by atoms with van der Waals surface area (Å²) in [5, 5.41) is 1.27. The third kappa shape index (κ3) is 3.08. The topological polar surface area (TPSA) is 49.3 Å². The van der Waals surface area contributed by atoms with E-state index in [4.69, 9.17) is 0 Å². The molecule has 1 atom stereocenters.